The first-order valence-electron chi connectivity index (χ1n) is 9.76. The van der Waals surface area contributed by atoms with E-state index in [1.165, 1.54) is 24.5 Å². The molecule has 2 aromatic carbocycles. The van der Waals surface area contributed by atoms with Gasteiger partial charge in [0.2, 0.25) is 17.5 Å². The van der Waals surface area contributed by atoms with E-state index in [4.69, 9.17) is 23.4 Å². The second kappa shape index (κ2) is 9.15. The van der Waals surface area contributed by atoms with Crippen LogP contribution >= 0.6 is 0 Å². The molecule has 2 heterocycles. The van der Waals surface area contributed by atoms with E-state index < -0.39 is 42.7 Å². The molecular weight excluding hydrogens is 424 g/mol. The first-order valence-corrected chi connectivity index (χ1v) is 9.76. The van der Waals surface area contributed by atoms with Crippen LogP contribution in [-0.2, 0) is 4.74 Å². The Bertz CT molecular complexity index is 1120. The average molecular weight is 446 g/mol. The van der Waals surface area contributed by atoms with E-state index in [9.17, 15) is 25.2 Å². The van der Waals surface area contributed by atoms with E-state index in [0.29, 0.717) is 11.5 Å². The van der Waals surface area contributed by atoms with Crippen molar-refractivity contribution in [2.75, 3.05) is 13.7 Å². The fourth-order valence-electron chi connectivity index (χ4n) is 3.30. The van der Waals surface area contributed by atoms with Gasteiger partial charge in [-0.25, -0.2) is 0 Å². The molecule has 0 bridgehead atoms. The summed E-state index contributed by atoms with van der Waals surface area (Å²) in [6.07, 6.45) is -5.90. The van der Waals surface area contributed by atoms with Crippen LogP contribution in [0.4, 0.5) is 0 Å². The van der Waals surface area contributed by atoms with Gasteiger partial charge in [-0.3, -0.25) is 4.79 Å². The number of aliphatic hydroxyl groups is 4. The fraction of sp³-hybridized carbons (Fsp3) is 0.318. The van der Waals surface area contributed by atoms with Crippen LogP contribution in [0.3, 0.4) is 0 Å². The largest absolute Gasteiger partial charge is 0.497 e. The maximum Gasteiger partial charge on any atom is 0.235 e. The van der Waals surface area contributed by atoms with E-state index in [2.05, 4.69) is 0 Å². The molecule has 1 aliphatic rings. The summed E-state index contributed by atoms with van der Waals surface area (Å²) in [7, 11) is 1.54. The molecule has 3 aromatic rings. The number of hydrogen-bond acceptors (Lipinski definition) is 10. The quantitative estimate of drug-likeness (QED) is 0.428. The van der Waals surface area contributed by atoms with Crippen molar-refractivity contribution in [3.05, 3.63) is 59.0 Å². The molecule has 0 radical (unpaired) electrons. The molecule has 10 heteroatoms. The van der Waals surface area contributed by atoms with Crippen molar-refractivity contribution in [3.63, 3.8) is 0 Å². The number of benzene rings is 2. The van der Waals surface area contributed by atoms with Crippen LogP contribution in [0.25, 0.3) is 11.0 Å². The van der Waals surface area contributed by atoms with Crippen molar-refractivity contribution in [3.8, 4) is 23.0 Å². The minimum Gasteiger partial charge on any atom is -0.497 e. The molecule has 4 rings (SSSR count). The van der Waals surface area contributed by atoms with Gasteiger partial charge >= 0.3 is 0 Å². The highest BCUT2D eigenvalue weighted by Crippen LogP contribution is 2.28. The van der Waals surface area contributed by atoms with Crippen molar-refractivity contribution in [2.45, 2.75) is 30.7 Å². The minimum absolute atomic E-state index is 0.00901. The highest BCUT2D eigenvalue weighted by molar-refractivity contribution is 5.79. The van der Waals surface area contributed by atoms with E-state index in [0.717, 1.165) is 0 Å². The summed E-state index contributed by atoms with van der Waals surface area (Å²) in [5.74, 6) is 1.24. The normalized spacial score (nSPS) is 25.5. The van der Waals surface area contributed by atoms with Crippen molar-refractivity contribution in [1.82, 2.24) is 0 Å². The SMILES string of the molecule is COc1ccc(Oc2coc3cc(O[C@H]4O[C@@H](CO)[C@H](O)[C@@H](O)[C@@H]4O)ccc3c2=O)cc1. The molecule has 0 unspecified atom stereocenters. The summed E-state index contributed by atoms with van der Waals surface area (Å²) in [4.78, 5) is 12.8. The van der Waals surface area contributed by atoms with Gasteiger partial charge in [0, 0.05) is 6.07 Å². The maximum atomic E-state index is 12.8. The minimum atomic E-state index is -1.57. The van der Waals surface area contributed by atoms with Crippen molar-refractivity contribution in [1.29, 1.82) is 0 Å². The van der Waals surface area contributed by atoms with Gasteiger partial charge in [0.1, 0.15) is 53.5 Å². The van der Waals surface area contributed by atoms with Gasteiger partial charge in [0.05, 0.1) is 19.1 Å². The summed E-state index contributed by atoms with van der Waals surface area (Å²) in [6, 6.07) is 11.0. The summed E-state index contributed by atoms with van der Waals surface area (Å²) in [5, 5.41) is 39.4. The monoisotopic (exact) mass is 446 g/mol. The zero-order valence-electron chi connectivity index (χ0n) is 17.0. The smallest absolute Gasteiger partial charge is 0.235 e. The number of ether oxygens (including phenoxy) is 4. The molecule has 0 aliphatic carbocycles. The summed E-state index contributed by atoms with van der Waals surface area (Å²) < 4.78 is 27.1. The van der Waals surface area contributed by atoms with Crippen molar-refractivity contribution in [2.24, 2.45) is 0 Å². The van der Waals surface area contributed by atoms with Gasteiger partial charge in [0.25, 0.3) is 0 Å². The van der Waals surface area contributed by atoms with Gasteiger partial charge < -0.3 is 43.8 Å². The molecule has 1 aliphatic heterocycles. The Hall–Kier alpha value is -3.15. The molecule has 4 N–H and O–H groups in total. The zero-order valence-corrected chi connectivity index (χ0v) is 17.0. The fourth-order valence-corrected chi connectivity index (χ4v) is 3.30. The summed E-state index contributed by atoms with van der Waals surface area (Å²) in [5.41, 5.74) is -0.208. The molecule has 5 atom stereocenters. The Balaban J connectivity index is 1.54. The highest BCUT2D eigenvalue weighted by Gasteiger charge is 2.44. The molecule has 0 amide bonds. The van der Waals surface area contributed by atoms with E-state index in [1.54, 1.807) is 31.4 Å². The third-order valence-corrected chi connectivity index (χ3v) is 5.10. The van der Waals surface area contributed by atoms with Crippen molar-refractivity contribution < 1.29 is 43.8 Å². The molecule has 0 spiro atoms. The predicted octanol–water partition coefficient (Wildman–Crippen LogP) is 0.773. The second-order valence-electron chi connectivity index (χ2n) is 7.18. The zero-order chi connectivity index (χ0) is 22.8. The number of rotatable bonds is 6. The lowest BCUT2D eigenvalue weighted by Gasteiger charge is -2.39. The van der Waals surface area contributed by atoms with E-state index in [-0.39, 0.29) is 22.5 Å². The van der Waals surface area contributed by atoms with Crippen LogP contribution in [0.2, 0.25) is 0 Å². The topological polar surface area (TPSA) is 148 Å². The first-order chi connectivity index (χ1) is 15.4. The van der Waals surface area contributed by atoms with Crippen molar-refractivity contribution >= 4 is 11.0 Å². The van der Waals surface area contributed by atoms with Crippen LogP contribution in [0.5, 0.6) is 23.0 Å². The number of aliphatic hydroxyl groups excluding tert-OH is 4. The predicted molar refractivity (Wildman–Crippen MR) is 110 cm³/mol. The van der Waals surface area contributed by atoms with Gasteiger partial charge in [0.15, 0.2) is 0 Å². The van der Waals surface area contributed by atoms with Gasteiger partial charge in [-0.2, -0.15) is 0 Å². The summed E-state index contributed by atoms with van der Waals surface area (Å²) in [6.45, 7) is -0.575. The van der Waals surface area contributed by atoms with Gasteiger partial charge in [-0.1, -0.05) is 0 Å². The molecule has 1 saturated heterocycles. The Kier molecular flexibility index (Phi) is 6.31. The number of hydrogen-bond donors (Lipinski definition) is 4. The van der Waals surface area contributed by atoms with E-state index in [1.807, 2.05) is 0 Å². The molecule has 32 heavy (non-hydrogen) atoms. The molecule has 170 valence electrons. The third kappa shape index (κ3) is 4.27. The van der Waals surface area contributed by atoms with Crippen LogP contribution < -0.4 is 19.6 Å². The second-order valence-corrected chi connectivity index (χ2v) is 7.18. The lowest BCUT2D eigenvalue weighted by Crippen LogP contribution is -2.60. The molecule has 10 nitrogen and oxygen atoms in total. The Labute approximate surface area is 181 Å². The molecule has 1 fully saturated rings. The molecular formula is C22H22O10. The lowest BCUT2D eigenvalue weighted by atomic mass is 9.99. The molecule has 1 aromatic heterocycles. The average Bonchev–Trinajstić information content (AvgIpc) is 2.81. The van der Waals surface area contributed by atoms with Crippen LogP contribution in [0, 0.1) is 0 Å². The Morgan fingerprint density at radius 3 is 2.31 bits per heavy atom. The van der Waals surface area contributed by atoms with Gasteiger partial charge in [-0.05, 0) is 36.4 Å². The van der Waals surface area contributed by atoms with Gasteiger partial charge in [-0.15, -0.1) is 0 Å². The Morgan fingerprint density at radius 1 is 0.938 bits per heavy atom. The van der Waals surface area contributed by atoms with Crippen LogP contribution in [-0.4, -0.2) is 64.8 Å². The van der Waals surface area contributed by atoms with Crippen LogP contribution in [0.1, 0.15) is 0 Å². The third-order valence-electron chi connectivity index (χ3n) is 5.10. The first kappa shape index (κ1) is 22.1. The lowest BCUT2D eigenvalue weighted by molar-refractivity contribution is -0.277. The molecule has 0 saturated carbocycles. The summed E-state index contributed by atoms with van der Waals surface area (Å²) >= 11 is 0. The Morgan fingerprint density at radius 2 is 1.62 bits per heavy atom. The highest BCUT2D eigenvalue weighted by atomic mass is 16.7. The number of fused-ring (bicyclic) bond motifs is 1. The number of methoxy groups -OCH3 is 1. The van der Waals surface area contributed by atoms with E-state index >= 15 is 0 Å². The standard InChI is InChI=1S/C22H22O10/c1-28-11-2-4-12(5-3-11)30-17-10-29-15-8-13(6-7-14(15)18(17)24)31-22-21(27)20(26)19(25)16(9-23)32-22/h2-8,10,16,19-23,25-27H,9H2,1H3/t16-,19-,20+,21-,22-/m0/s1. The van der Waals surface area contributed by atoms with Crippen LogP contribution in [0.15, 0.2) is 57.9 Å². The maximum absolute atomic E-state index is 12.8.